The minimum atomic E-state index is -0.920. The summed E-state index contributed by atoms with van der Waals surface area (Å²) >= 11 is 0. The Bertz CT molecular complexity index is 1020. The molecule has 0 saturated heterocycles. The van der Waals surface area contributed by atoms with Crippen molar-refractivity contribution in [2.75, 3.05) is 5.32 Å². The number of carbonyl (C=O) groups excluding carboxylic acids is 1. The van der Waals surface area contributed by atoms with Crippen molar-refractivity contribution in [3.05, 3.63) is 74.1 Å². The summed E-state index contributed by atoms with van der Waals surface area (Å²) in [4.78, 5) is 32.3. The Morgan fingerprint density at radius 3 is 2.15 bits per heavy atom. The number of rotatable bonds is 5. The van der Waals surface area contributed by atoms with E-state index in [2.05, 4.69) is 15.5 Å². The number of nitro groups is 2. The molecule has 0 aliphatic rings. The van der Waals surface area contributed by atoms with Gasteiger partial charge in [0.05, 0.1) is 21.5 Å². The summed E-state index contributed by atoms with van der Waals surface area (Å²) in [5.74, 6) is -1.38. The standard InChI is InChI=1S/C15H8FN5O6/c16-10-3-1-8(2-4-10)14-18-19-15(27-14)17-13(22)9-5-11(20(23)24)7-12(6-9)21(25)26/h1-7H,(H,17,19,22). The van der Waals surface area contributed by atoms with E-state index in [1.165, 1.54) is 24.3 Å². The molecule has 0 atom stereocenters. The molecule has 0 aliphatic heterocycles. The maximum atomic E-state index is 12.9. The van der Waals surface area contributed by atoms with Crippen molar-refractivity contribution in [1.29, 1.82) is 0 Å². The molecule has 136 valence electrons. The highest BCUT2D eigenvalue weighted by Crippen LogP contribution is 2.24. The highest BCUT2D eigenvalue weighted by molar-refractivity contribution is 6.04. The molecule has 1 amide bonds. The molecule has 0 spiro atoms. The number of anilines is 1. The van der Waals surface area contributed by atoms with Gasteiger partial charge in [0.15, 0.2) is 0 Å². The van der Waals surface area contributed by atoms with Gasteiger partial charge in [-0.15, -0.1) is 5.10 Å². The lowest BCUT2D eigenvalue weighted by molar-refractivity contribution is -0.394. The predicted molar refractivity (Wildman–Crippen MR) is 87.4 cm³/mol. The molecule has 2 aromatic carbocycles. The SMILES string of the molecule is O=C(Nc1nnc(-c2ccc(F)cc2)o1)c1cc([N+](=O)[O-])cc([N+](=O)[O-])c1. The van der Waals surface area contributed by atoms with E-state index in [1.807, 2.05) is 0 Å². The van der Waals surface area contributed by atoms with Crippen LogP contribution < -0.4 is 5.32 Å². The number of amides is 1. The number of non-ortho nitro benzene ring substituents is 2. The van der Waals surface area contributed by atoms with Gasteiger partial charge in [-0.1, -0.05) is 5.10 Å². The van der Waals surface area contributed by atoms with Gasteiger partial charge < -0.3 is 4.42 Å². The molecular weight excluding hydrogens is 365 g/mol. The number of nitrogens with one attached hydrogen (secondary N) is 1. The van der Waals surface area contributed by atoms with E-state index in [0.717, 1.165) is 18.2 Å². The molecule has 27 heavy (non-hydrogen) atoms. The zero-order valence-corrected chi connectivity index (χ0v) is 13.2. The predicted octanol–water partition coefficient (Wildman–Crippen LogP) is 2.94. The van der Waals surface area contributed by atoms with Crippen molar-refractivity contribution < 1.29 is 23.4 Å². The maximum Gasteiger partial charge on any atom is 0.322 e. The Morgan fingerprint density at radius 2 is 1.59 bits per heavy atom. The summed E-state index contributed by atoms with van der Waals surface area (Å²) in [6.45, 7) is 0. The summed E-state index contributed by atoms with van der Waals surface area (Å²) in [5, 5.41) is 31.2. The van der Waals surface area contributed by atoms with Crippen LogP contribution in [0.5, 0.6) is 0 Å². The first-order chi connectivity index (χ1) is 12.8. The number of nitrogens with zero attached hydrogens (tertiary/aromatic N) is 4. The average molecular weight is 373 g/mol. The molecule has 12 heteroatoms. The second-order valence-electron chi connectivity index (χ2n) is 5.13. The van der Waals surface area contributed by atoms with Gasteiger partial charge in [0, 0.05) is 17.7 Å². The summed E-state index contributed by atoms with van der Waals surface area (Å²) < 4.78 is 18.1. The van der Waals surface area contributed by atoms with Gasteiger partial charge in [-0.2, -0.15) is 0 Å². The fraction of sp³-hybridized carbons (Fsp3) is 0. The lowest BCUT2D eigenvalue weighted by Crippen LogP contribution is -2.13. The number of hydrogen-bond acceptors (Lipinski definition) is 8. The number of carbonyl (C=O) groups is 1. The Balaban J connectivity index is 1.84. The molecule has 11 nitrogen and oxygen atoms in total. The Kier molecular flexibility index (Phi) is 4.53. The van der Waals surface area contributed by atoms with E-state index < -0.39 is 32.9 Å². The molecule has 3 aromatic rings. The van der Waals surface area contributed by atoms with Crippen LogP contribution in [0.3, 0.4) is 0 Å². The third-order valence-electron chi connectivity index (χ3n) is 3.32. The van der Waals surface area contributed by atoms with Crippen molar-refractivity contribution >= 4 is 23.3 Å². The summed E-state index contributed by atoms with van der Waals surface area (Å²) in [6.07, 6.45) is 0. The molecular formula is C15H8FN5O6. The van der Waals surface area contributed by atoms with Gasteiger partial charge in [0.25, 0.3) is 17.3 Å². The number of benzene rings is 2. The lowest BCUT2D eigenvalue weighted by Gasteiger charge is -2.01. The van der Waals surface area contributed by atoms with Gasteiger partial charge in [0.2, 0.25) is 5.89 Å². The highest BCUT2D eigenvalue weighted by atomic mass is 19.1. The van der Waals surface area contributed by atoms with Gasteiger partial charge in [-0.3, -0.25) is 30.3 Å². The smallest absolute Gasteiger partial charge is 0.322 e. The van der Waals surface area contributed by atoms with Gasteiger partial charge in [-0.25, -0.2) is 4.39 Å². The Labute approximate surface area is 148 Å². The number of nitro benzene ring substituents is 2. The third kappa shape index (κ3) is 3.89. The molecule has 1 heterocycles. The van der Waals surface area contributed by atoms with Crippen molar-refractivity contribution in [1.82, 2.24) is 10.2 Å². The Hall–Kier alpha value is -4.22. The normalized spacial score (nSPS) is 10.4. The van der Waals surface area contributed by atoms with Crippen LogP contribution >= 0.6 is 0 Å². The van der Waals surface area contributed by atoms with E-state index in [0.29, 0.717) is 5.56 Å². The largest absolute Gasteiger partial charge is 0.403 e. The second-order valence-corrected chi connectivity index (χ2v) is 5.13. The topological polar surface area (TPSA) is 154 Å². The minimum Gasteiger partial charge on any atom is -0.403 e. The van der Waals surface area contributed by atoms with Crippen LogP contribution in [0.2, 0.25) is 0 Å². The first-order valence-corrected chi connectivity index (χ1v) is 7.18. The fourth-order valence-corrected chi connectivity index (χ4v) is 2.09. The van der Waals surface area contributed by atoms with Crippen LogP contribution in [0.4, 0.5) is 21.8 Å². The van der Waals surface area contributed by atoms with Crippen LogP contribution in [0.25, 0.3) is 11.5 Å². The van der Waals surface area contributed by atoms with E-state index in [1.54, 1.807) is 0 Å². The molecule has 0 aliphatic carbocycles. The third-order valence-corrected chi connectivity index (χ3v) is 3.32. The first kappa shape index (κ1) is 17.6. The van der Waals surface area contributed by atoms with Crippen LogP contribution in [-0.4, -0.2) is 26.0 Å². The average Bonchev–Trinajstić information content (AvgIpc) is 3.10. The van der Waals surface area contributed by atoms with Crippen LogP contribution in [-0.2, 0) is 0 Å². The quantitative estimate of drug-likeness (QED) is 0.529. The monoisotopic (exact) mass is 373 g/mol. The molecule has 0 fully saturated rings. The van der Waals surface area contributed by atoms with Crippen LogP contribution in [0, 0.1) is 26.0 Å². The summed E-state index contributed by atoms with van der Waals surface area (Å²) in [7, 11) is 0. The highest BCUT2D eigenvalue weighted by Gasteiger charge is 2.21. The van der Waals surface area contributed by atoms with Gasteiger partial charge in [0.1, 0.15) is 5.82 Å². The molecule has 1 aromatic heterocycles. The van der Waals surface area contributed by atoms with E-state index in [-0.39, 0.29) is 17.5 Å². The van der Waals surface area contributed by atoms with Gasteiger partial charge in [-0.05, 0) is 24.3 Å². The summed E-state index contributed by atoms with van der Waals surface area (Å²) in [6, 6.07) is 7.28. The zero-order valence-electron chi connectivity index (χ0n) is 13.2. The van der Waals surface area contributed by atoms with Crippen molar-refractivity contribution in [3.63, 3.8) is 0 Å². The zero-order chi connectivity index (χ0) is 19.6. The molecule has 1 N–H and O–H groups in total. The minimum absolute atomic E-state index is 0.00433. The van der Waals surface area contributed by atoms with Crippen LogP contribution in [0.15, 0.2) is 46.9 Å². The van der Waals surface area contributed by atoms with E-state index >= 15 is 0 Å². The van der Waals surface area contributed by atoms with Crippen molar-refractivity contribution in [2.45, 2.75) is 0 Å². The fourth-order valence-electron chi connectivity index (χ4n) is 2.09. The lowest BCUT2D eigenvalue weighted by atomic mass is 10.1. The number of aromatic nitrogens is 2. The second kappa shape index (κ2) is 6.95. The Morgan fingerprint density at radius 1 is 1.00 bits per heavy atom. The van der Waals surface area contributed by atoms with Crippen molar-refractivity contribution in [3.8, 4) is 11.5 Å². The maximum absolute atomic E-state index is 12.9. The molecule has 0 radical (unpaired) electrons. The molecule has 0 saturated carbocycles. The molecule has 0 unspecified atom stereocenters. The van der Waals surface area contributed by atoms with Gasteiger partial charge >= 0.3 is 6.01 Å². The van der Waals surface area contributed by atoms with E-state index in [4.69, 9.17) is 4.42 Å². The number of hydrogen-bond donors (Lipinski definition) is 1. The van der Waals surface area contributed by atoms with E-state index in [9.17, 15) is 29.4 Å². The summed E-state index contributed by atoms with van der Waals surface area (Å²) in [5.41, 5.74) is -1.17. The molecule has 0 bridgehead atoms. The van der Waals surface area contributed by atoms with Crippen LogP contribution in [0.1, 0.15) is 10.4 Å². The first-order valence-electron chi connectivity index (χ1n) is 7.18. The number of halogens is 1. The van der Waals surface area contributed by atoms with Crippen molar-refractivity contribution in [2.24, 2.45) is 0 Å². The molecule has 3 rings (SSSR count).